The van der Waals surface area contributed by atoms with Crippen LogP contribution >= 0.6 is 0 Å². The number of benzene rings is 6. The Morgan fingerprint density at radius 3 is 1.88 bits per heavy atom. The van der Waals surface area contributed by atoms with Crippen LogP contribution in [0.3, 0.4) is 0 Å². The summed E-state index contributed by atoms with van der Waals surface area (Å²) in [6.45, 7) is 4.89. The first-order chi connectivity index (χ1) is 27.5. The molecule has 3 atom stereocenters. The predicted octanol–water partition coefficient (Wildman–Crippen LogP) is 14.3. The molecule has 0 radical (unpaired) electrons. The molecule has 1 heterocycles. The third-order valence-corrected chi connectivity index (χ3v) is 12.4. The Balaban J connectivity index is 1.08. The quantitative estimate of drug-likeness (QED) is 0.160. The van der Waals surface area contributed by atoms with Gasteiger partial charge in [0.2, 0.25) is 0 Å². The van der Waals surface area contributed by atoms with E-state index in [2.05, 4.69) is 196 Å². The average Bonchev–Trinajstić information content (AvgIpc) is 3.27. The minimum atomic E-state index is -0.150. The highest BCUT2D eigenvalue weighted by molar-refractivity contribution is 6.15. The van der Waals surface area contributed by atoms with Gasteiger partial charge >= 0.3 is 0 Å². The molecule has 6 aromatic carbocycles. The highest BCUT2D eigenvalue weighted by Crippen LogP contribution is 2.53. The molecule has 270 valence electrons. The van der Waals surface area contributed by atoms with E-state index in [9.17, 15) is 0 Å². The lowest BCUT2D eigenvalue weighted by Gasteiger charge is -2.42. The summed E-state index contributed by atoms with van der Waals surface area (Å²) < 4.78 is 0. The third kappa shape index (κ3) is 6.07. The molecule has 3 aliphatic carbocycles. The number of hydrogen-bond acceptors (Lipinski definition) is 2. The van der Waals surface area contributed by atoms with Gasteiger partial charge in [-0.15, -0.1) is 0 Å². The van der Waals surface area contributed by atoms with Crippen molar-refractivity contribution >= 4 is 38.8 Å². The van der Waals surface area contributed by atoms with Gasteiger partial charge in [-0.1, -0.05) is 178 Å². The monoisotopic (exact) mass is 720 g/mol. The van der Waals surface area contributed by atoms with Crippen molar-refractivity contribution in [1.29, 1.82) is 0 Å². The molecule has 0 spiro atoms. The zero-order chi connectivity index (χ0) is 37.6. The van der Waals surface area contributed by atoms with Crippen LogP contribution in [-0.4, -0.2) is 9.97 Å². The first-order valence-electron chi connectivity index (χ1n) is 20.0. The zero-order valence-corrected chi connectivity index (χ0v) is 32.0. The molecular formula is C54H44N2. The van der Waals surface area contributed by atoms with Gasteiger partial charge in [-0.3, -0.25) is 0 Å². The number of hydrogen-bond donors (Lipinski definition) is 0. The maximum Gasteiger partial charge on any atom is 0.156 e. The molecule has 0 saturated carbocycles. The van der Waals surface area contributed by atoms with Gasteiger partial charge in [0.25, 0.3) is 0 Å². The van der Waals surface area contributed by atoms with E-state index in [1.165, 1.54) is 60.5 Å². The Hall–Kier alpha value is -6.38. The summed E-state index contributed by atoms with van der Waals surface area (Å²) in [5.74, 6) is 1.35. The van der Waals surface area contributed by atoms with Crippen LogP contribution in [0.15, 0.2) is 176 Å². The van der Waals surface area contributed by atoms with Crippen LogP contribution in [-0.2, 0) is 0 Å². The summed E-state index contributed by atoms with van der Waals surface area (Å²) in [6, 6.07) is 48.2. The molecule has 2 nitrogen and oxygen atoms in total. The van der Waals surface area contributed by atoms with Crippen molar-refractivity contribution in [2.45, 2.75) is 39.0 Å². The van der Waals surface area contributed by atoms with Gasteiger partial charge in [-0.25, -0.2) is 9.97 Å². The molecule has 0 bridgehead atoms. The molecule has 3 aliphatic rings. The Morgan fingerprint density at radius 2 is 1.20 bits per heavy atom. The van der Waals surface area contributed by atoms with E-state index < -0.39 is 0 Å². The molecule has 0 N–H and O–H groups in total. The van der Waals surface area contributed by atoms with Gasteiger partial charge in [0.15, 0.2) is 5.82 Å². The Kier molecular flexibility index (Phi) is 8.56. The largest absolute Gasteiger partial charge is 0.228 e. The third-order valence-electron chi connectivity index (χ3n) is 12.4. The lowest BCUT2D eigenvalue weighted by atomic mass is 9.62. The number of aromatic nitrogens is 2. The highest BCUT2D eigenvalue weighted by atomic mass is 14.9. The van der Waals surface area contributed by atoms with Crippen LogP contribution in [0.5, 0.6) is 0 Å². The topological polar surface area (TPSA) is 25.8 Å². The van der Waals surface area contributed by atoms with Crippen LogP contribution in [0.2, 0.25) is 0 Å². The van der Waals surface area contributed by atoms with E-state index >= 15 is 0 Å². The lowest BCUT2D eigenvalue weighted by molar-refractivity contribution is 0.277. The molecule has 3 unspecified atom stereocenters. The fourth-order valence-corrected chi connectivity index (χ4v) is 9.55. The maximum absolute atomic E-state index is 5.23. The predicted molar refractivity (Wildman–Crippen MR) is 237 cm³/mol. The minimum Gasteiger partial charge on any atom is -0.228 e. The Bertz CT molecular complexity index is 2730. The summed E-state index contributed by atoms with van der Waals surface area (Å²) in [6.07, 6.45) is 21.7. The van der Waals surface area contributed by atoms with E-state index in [1.54, 1.807) is 0 Å². The van der Waals surface area contributed by atoms with E-state index in [1.807, 2.05) is 0 Å². The van der Waals surface area contributed by atoms with Crippen molar-refractivity contribution in [3.63, 3.8) is 0 Å². The van der Waals surface area contributed by atoms with Crippen molar-refractivity contribution < 1.29 is 0 Å². The molecule has 56 heavy (non-hydrogen) atoms. The molecular weight excluding hydrogens is 677 g/mol. The van der Waals surface area contributed by atoms with Crippen LogP contribution in [0.25, 0.3) is 72.4 Å². The number of nitrogens with zero attached hydrogens (tertiary/aromatic N) is 2. The van der Waals surface area contributed by atoms with Crippen LogP contribution in [0.1, 0.15) is 61.5 Å². The highest BCUT2D eigenvalue weighted by Gasteiger charge is 2.40. The summed E-state index contributed by atoms with van der Waals surface area (Å²) >= 11 is 0. The fourth-order valence-electron chi connectivity index (χ4n) is 9.55. The maximum atomic E-state index is 5.23. The number of rotatable bonds is 6. The second-order valence-electron chi connectivity index (χ2n) is 16.0. The molecule has 10 rings (SSSR count). The molecule has 1 aromatic heterocycles. The normalized spacial score (nSPS) is 20.2. The van der Waals surface area contributed by atoms with Crippen molar-refractivity contribution in [3.8, 4) is 33.6 Å². The van der Waals surface area contributed by atoms with Gasteiger partial charge in [-0.05, 0) is 115 Å². The summed E-state index contributed by atoms with van der Waals surface area (Å²) in [5, 5.41) is 5.35. The molecule has 0 aliphatic heterocycles. The lowest BCUT2D eigenvalue weighted by Crippen LogP contribution is -2.31. The van der Waals surface area contributed by atoms with E-state index in [0.717, 1.165) is 47.6 Å². The van der Waals surface area contributed by atoms with E-state index in [4.69, 9.17) is 9.97 Å². The molecule has 0 saturated heterocycles. The van der Waals surface area contributed by atoms with Gasteiger partial charge in [0.05, 0.1) is 11.4 Å². The minimum absolute atomic E-state index is 0.150. The molecule has 7 aromatic rings. The van der Waals surface area contributed by atoms with E-state index in [-0.39, 0.29) is 17.3 Å². The zero-order valence-electron chi connectivity index (χ0n) is 32.0. The molecule has 0 fully saturated rings. The molecule has 0 amide bonds. The van der Waals surface area contributed by atoms with Crippen molar-refractivity contribution in [3.05, 3.63) is 199 Å². The summed E-state index contributed by atoms with van der Waals surface area (Å²) in [5.41, 5.74) is 13.2. The summed E-state index contributed by atoms with van der Waals surface area (Å²) in [4.78, 5) is 10.5. The average molecular weight is 721 g/mol. The molecule has 2 heteroatoms. The summed E-state index contributed by atoms with van der Waals surface area (Å²) in [7, 11) is 0. The van der Waals surface area contributed by atoms with Crippen LogP contribution in [0, 0.1) is 11.3 Å². The van der Waals surface area contributed by atoms with Gasteiger partial charge in [0, 0.05) is 11.1 Å². The standard InChI is InChI=1S/C54H44N2/c1-36-49(54(2)31-15-24-43(35-54)53-55-50(39-20-11-5-12-21-39)34-51(56-53)40-22-13-6-14-23-40)30-29-46-48-32-41(37-16-7-3-8-17-37)25-27-44(48)47-33-42(26-28-45(47)52(36)46)38-18-9-4-10-19-38/h3-7,9-16,18-34,36,49H,8,17,35H2,1-2H3. The Morgan fingerprint density at radius 1 is 0.571 bits per heavy atom. The van der Waals surface area contributed by atoms with E-state index in [0.29, 0.717) is 0 Å². The van der Waals surface area contributed by atoms with Gasteiger partial charge < -0.3 is 0 Å². The van der Waals surface area contributed by atoms with Crippen LogP contribution < -0.4 is 0 Å². The van der Waals surface area contributed by atoms with Gasteiger partial charge in [0.1, 0.15) is 0 Å². The Labute approximate surface area is 330 Å². The van der Waals surface area contributed by atoms with Gasteiger partial charge in [-0.2, -0.15) is 0 Å². The first-order valence-corrected chi connectivity index (χ1v) is 20.0. The smallest absolute Gasteiger partial charge is 0.156 e. The van der Waals surface area contributed by atoms with Crippen molar-refractivity contribution in [2.75, 3.05) is 0 Å². The van der Waals surface area contributed by atoms with Crippen LogP contribution in [0.4, 0.5) is 0 Å². The SMILES string of the molecule is CC1c2c(c3cc(C4=CC=CCC4)ccc3c3cc(-c4ccccc4)ccc23)C=CC1C1(C)C=CC=C(c2nc(-c3ccccc3)cc(-c3ccccc3)n2)C1. The first kappa shape index (κ1) is 34.1. The fraction of sp³-hybridized carbons (Fsp3) is 0.148. The second kappa shape index (κ2) is 14.0. The number of allylic oxidation sites excluding steroid dienone is 9. The second-order valence-corrected chi connectivity index (χ2v) is 16.0. The van der Waals surface area contributed by atoms with Crippen molar-refractivity contribution in [1.82, 2.24) is 9.97 Å². The number of fused-ring (bicyclic) bond motifs is 6. The van der Waals surface area contributed by atoms with Crippen molar-refractivity contribution in [2.24, 2.45) is 11.3 Å².